The molecule has 0 bridgehead atoms. The van der Waals surface area contributed by atoms with Gasteiger partial charge < -0.3 is 16.0 Å². The molecule has 0 fully saturated rings. The van der Waals surface area contributed by atoms with Crippen molar-refractivity contribution in [3.05, 3.63) is 60.7 Å². The van der Waals surface area contributed by atoms with E-state index in [-0.39, 0.29) is 13.1 Å². The van der Waals surface area contributed by atoms with Crippen molar-refractivity contribution in [2.75, 3.05) is 13.1 Å². The first-order valence-electron chi connectivity index (χ1n) is 8.48. The van der Waals surface area contributed by atoms with Gasteiger partial charge in [0.05, 0.1) is 24.2 Å². The normalized spacial score (nSPS) is 10.4. The van der Waals surface area contributed by atoms with Crippen LogP contribution < -0.4 is 16.6 Å². The number of nitrogens with one attached hydrogen (secondary N) is 1. The number of amides is 3. The first-order chi connectivity index (χ1) is 13.7. The molecule has 0 aliphatic heterocycles. The largest absolute Gasteiger partial charge is 0.365 e. The van der Waals surface area contributed by atoms with Crippen LogP contribution in [0.1, 0.15) is 22.2 Å². The van der Waals surface area contributed by atoms with E-state index in [0.29, 0.717) is 6.54 Å². The van der Waals surface area contributed by atoms with Crippen LogP contribution in [0.5, 0.6) is 0 Å². The number of nitrogens with zero attached hydrogens (tertiary/aromatic N) is 3. The predicted octanol–water partition coefficient (Wildman–Crippen LogP) is 0.0818. The Kier molecular flexibility index (Phi) is 7.20. The molecular weight excluding hydrogens is 402 g/mol. The topological polar surface area (TPSA) is 158 Å². The first-order valence-corrected chi connectivity index (χ1v) is 9.36. The zero-order chi connectivity index (χ0) is 21.6. The summed E-state index contributed by atoms with van der Waals surface area (Å²) in [5.41, 5.74) is 3.02. The molecule has 2 aromatic heterocycles. The fourth-order valence-electron chi connectivity index (χ4n) is 2.46. The maximum absolute atomic E-state index is 12.5. The van der Waals surface area contributed by atoms with Crippen LogP contribution >= 0.6 is 11.3 Å². The van der Waals surface area contributed by atoms with Gasteiger partial charge >= 0.3 is 0 Å². The average molecular weight is 421 g/mol. The zero-order valence-corrected chi connectivity index (χ0v) is 16.3. The molecule has 0 saturated heterocycles. The highest BCUT2D eigenvalue weighted by molar-refractivity contribution is 7.09. The number of carbonyl (C=O) groups excluding carboxylic acids is 3. The van der Waals surface area contributed by atoms with Gasteiger partial charge in [-0.15, -0.1) is 11.3 Å². The van der Waals surface area contributed by atoms with E-state index in [1.54, 1.807) is 6.92 Å². The molecule has 0 aromatic carbocycles. The molecule has 3 N–H and O–H groups in total. The van der Waals surface area contributed by atoms with Gasteiger partial charge in [0.1, 0.15) is 12.1 Å². The second kappa shape index (κ2) is 9.59. The van der Waals surface area contributed by atoms with E-state index in [9.17, 15) is 29.3 Å². The molecule has 2 aromatic rings. The van der Waals surface area contributed by atoms with Crippen LogP contribution in [0.3, 0.4) is 0 Å². The van der Waals surface area contributed by atoms with Gasteiger partial charge in [-0.2, -0.15) is 0 Å². The second-order valence-corrected chi connectivity index (χ2v) is 6.96. The third-order valence-corrected chi connectivity index (χ3v) is 4.84. The minimum Gasteiger partial charge on any atom is -0.365 e. The van der Waals surface area contributed by atoms with Gasteiger partial charge in [-0.3, -0.25) is 33.9 Å². The quantitative estimate of drug-likeness (QED) is 0.431. The summed E-state index contributed by atoms with van der Waals surface area (Å²) in [6, 6.07) is 4.48. The monoisotopic (exact) mass is 421 g/mol. The van der Waals surface area contributed by atoms with Gasteiger partial charge in [-0.05, 0) is 18.4 Å². The number of primary amides is 1. The van der Waals surface area contributed by atoms with Crippen LogP contribution in [-0.2, 0) is 22.7 Å². The number of nitro groups is 1. The summed E-state index contributed by atoms with van der Waals surface area (Å²) in [5.74, 6) is -2.14. The van der Waals surface area contributed by atoms with Crippen molar-refractivity contribution in [1.29, 1.82) is 0 Å². The summed E-state index contributed by atoms with van der Waals surface area (Å²) >= 11 is 1.48. The number of carbonyl (C=O) groups is 3. The lowest BCUT2D eigenvalue weighted by molar-refractivity contribution is -0.385. The molecule has 0 aliphatic rings. The Morgan fingerprint density at radius 3 is 2.66 bits per heavy atom. The molecule has 2 heterocycles. The number of nitrogens with two attached hydrogens (primary N) is 1. The third-order valence-electron chi connectivity index (χ3n) is 3.96. The van der Waals surface area contributed by atoms with Gasteiger partial charge in [-0.1, -0.05) is 6.07 Å². The Balaban J connectivity index is 2.12. The number of aromatic nitrogens is 1. The average Bonchev–Trinajstić information content (AvgIpc) is 3.19. The fraction of sp³-hybridized carbons (Fsp3) is 0.294. The molecule has 0 spiro atoms. The highest BCUT2D eigenvalue weighted by Gasteiger charge is 2.21. The van der Waals surface area contributed by atoms with Gasteiger partial charge in [-0.25, -0.2) is 0 Å². The molecule has 2 rings (SSSR count). The molecule has 12 heteroatoms. The molecule has 29 heavy (non-hydrogen) atoms. The minimum absolute atomic E-state index is 0.178. The Hall–Kier alpha value is -3.54. The van der Waals surface area contributed by atoms with Crippen molar-refractivity contribution in [3.63, 3.8) is 0 Å². The van der Waals surface area contributed by atoms with Crippen molar-refractivity contribution < 1.29 is 19.3 Å². The van der Waals surface area contributed by atoms with Crippen LogP contribution in [0, 0.1) is 10.1 Å². The Labute approximate surface area is 168 Å². The summed E-state index contributed by atoms with van der Waals surface area (Å²) in [4.78, 5) is 60.6. The van der Waals surface area contributed by atoms with Gasteiger partial charge in [0, 0.05) is 17.5 Å². The molecular formula is C17H19N5O6S. The molecule has 11 nitrogen and oxygen atoms in total. The summed E-state index contributed by atoms with van der Waals surface area (Å²) in [6.45, 7) is 1.33. The highest BCUT2D eigenvalue weighted by Crippen LogP contribution is 2.10. The minimum atomic E-state index is -1.14. The Bertz CT molecular complexity index is 985. The molecule has 0 saturated carbocycles. The van der Waals surface area contributed by atoms with E-state index < -0.39 is 46.0 Å². The van der Waals surface area contributed by atoms with Gasteiger partial charge in [0.15, 0.2) is 0 Å². The lowest BCUT2D eigenvalue weighted by atomic mass is 10.2. The van der Waals surface area contributed by atoms with Crippen LogP contribution in [0.25, 0.3) is 0 Å². The maximum atomic E-state index is 12.5. The van der Waals surface area contributed by atoms with E-state index in [4.69, 9.17) is 5.73 Å². The molecule has 3 amide bonds. The van der Waals surface area contributed by atoms with E-state index in [1.165, 1.54) is 16.2 Å². The van der Waals surface area contributed by atoms with Crippen molar-refractivity contribution in [3.8, 4) is 0 Å². The van der Waals surface area contributed by atoms with Crippen LogP contribution in [-0.4, -0.2) is 45.2 Å². The molecule has 0 radical (unpaired) electrons. The standard InChI is InChI=1S/C17H19N5O6S/c1-2-20(9-14(23)19-7-12-4-3-5-29-12)15(24)10-21-8-11(22(27)28)6-13(16(18)25)17(21)26/h3-6,8H,2,7,9-10H2,1H3,(H2,18,25)(H,19,23). The Morgan fingerprint density at radius 1 is 1.38 bits per heavy atom. The van der Waals surface area contributed by atoms with E-state index in [2.05, 4.69) is 5.32 Å². The number of pyridine rings is 1. The van der Waals surface area contributed by atoms with Gasteiger partial charge in [0.25, 0.3) is 17.2 Å². The second-order valence-electron chi connectivity index (χ2n) is 5.93. The van der Waals surface area contributed by atoms with Crippen LogP contribution in [0.2, 0.25) is 0 Å². The molecule has 0 atom stereocenters. The molecule has 154 valence electrons. The van der Waals surface area contributed by atoms with Crippen molar-refractivity contribution in [2.45, 2.75) is 20.0 Å². The SMILES string of the molecule is CCN(CC(=O)NCc1cccs1)C(=O)Cn1cc([N+](=O)[O-])cc(C(N)=O)c1=O. The third kappa shape index (κ3) is 5.72. The maximum Gasteiger partial charge on any atom is 0.286 e. The Morgan fingerprint density at radius 2 is 2.10 bits per heavy atom. The number of likely N-dealkylation sites (N-methyl/N-ethyl adjacent to an activating group) is 1. The summed E-state index contributed by atoms with van der Waals surface area (Å²) in [5, 5.41) is 15.6. The van der Waals surface area contributed by atoms with Crippen molar-refractivity contribution >= 4 is 34.7 Å². The number of hydrogen-bond acceptors (Lipinski definition) is 7. The highest BCUT2D eigenvalue weighted by atomic mass is 32.1. The van der Waals surface area contributed by atoms with Crippen molar-refractivity contribution in [1.82, 2.24) is 14.8 Å². The number of rotatable bonds is 9. The smallest absolute Gasteiger partial charge is 0.286 e. The number of hydrogen-bond donors (Lipinski definition) is 2. The van der Waals surface area contributed by atoms with E-state index in [1.807, 2.05) is 17.5 Å². The van der Waals surface area contributed by atoms with Gasteiger partial charge in [0.2, 0.25) is 11.8 Å². The van der Waals surface area contributed by atoms with Crippen molar-refractivity contribution in [2.24, 2.45) is 5.73 Å². The zero-order valence-electron chi connectivity index (χ0n) is 15.5. The van der Waals surface area contributed by atoms with Crippen LogP contribution in [0.4, 0.5) is 5.69 Å². The fourth-order valence-corrected chi connectivity index (χ4v) is 3.11. The lowest BCUT2D eigenvalue weighted by Gasteiger charge is -2.21. The van der Waals surface area contributed by atoms with E-state index >= 15 is 0 Å². The summed E-state index contributed by atoms with van der Waals surface area (Å²) in [6.07, 6.45) is 0.859. The first kappa shape index (κ1) is 21.8. The summed E-state index contributed by atoms with van der Waals surface area (Å²) in [7, 11) is 0. The predicted molar refractivity (Wildman–Crippen MR) is 104 cm³/mol. The van der Waals surface area contributed by atoms with Crippen LogP contribution in [0.15, 0.2) is 34.6 Å². The lowest BCUT2D eigenvalue weighted by Crippen LogP contribution is -2.43. The number of thiophene rings is 1. The summed E-state index contributed by atoms with van der Waals surface area (Å²) < 4.78 is 0.743. The molecule has 0 unspecified atom stereocenters. The van der Waals surface area contributed by atoms with E-state index in [0.717, 1.165) is 21.7 Å². The molecule has 0 aliphatic carbocycles.